The molecule has 0 radical (unpaired) electrons. The minimum absolute atomic E-state index is 0.213. The molecule has 0 aliphatic heterocycles. The van der Waals surface area contributed by atoms with Crippen molar-refractivity contribution in [2.75, 3.05) is 13.7 Å². The number of rotatable bonds is 8. The van der Waals surface area contributed by atoms with Crippen LogP contribution < -0.4 is 10.1 Å². The van der Waals surface area contributed by atoms with Gasteiger partial charge < -0.3 is 9.47 Å². The molecule has 2 unspecified atom stereocenters. The highest BCUT2D eigenvalue weighted by Crippen LogP contribution is 2.26. The quantitative estimate of drug-likeness (QED) is 0.747. The van der Waals surface area contributed by atoms with Gasteiger partial charge in [-0.25, -0.2) is 4.79 Å². The largest absolute Gasteiger partial charge is 0.494 e. The molecule has 0 aliphatic carbocycles. The summed E-state index contributed by atoms with van der Waals surface area (Å²) in [4.78, 5) is 12.2. The molecule has 0 bridgehead atoms. The number of carbonyl (C=O) groups is 1. The number of ether oxygens (including phenoxy) is 2. The highest BCUT2D eigenvalue weighted by molar-refractivity contribution is 5.82. The second-order valence-electron chi connectivity index (χ2n) is 5.44. The lowest BCUT2D eigenvalue weighted by molar-refractivity contribution is -0.148. The molecule has 0 aliphatic rings. The van der Waals surface area contributed by atoms with Gasteiger partial charge in [-0.1, -0.05) is 26.0 Å². The van der Waals surface area contributed by atoms with E-state index in [0.717, 1.165) is 24.2 Å². The van der Waals surface area contributed by atoms with Gasteiger partial charge in [-0.05, 0) is 44.4 Å². The van der Waals surface area contributed by atoms with E-state index in [1.807, 2.05) is 31.2 Å². The SMILES string of the molecule is CCCOc1ccc(C(C)(NC(C)CC)C(=O)OC)cc1. The first-order chi connectivity index (χ1) is 9.97. The summed E-state index contributed by atoms with van der Waals surface area (Å²) in [6.45, 7) is 8.75. The minimum Gasteiger partial charge on any atom is -0.494 e. The Balaban J connectivity index is 3.00. The Kier molecular flexibility index (Phi) is 6.69. The van der Waals surface area contributed by atoms with Crippen LogP contribution in [0.2, 0.25) is 0 Å². The van der Waals surface area contributed by atoms with Crippen molar-refractivity contribution in [1.29, 1.82) is 0 Å². The highest BCUT2D eigenvalue weighted by atomic mass is 16.5. The molecule has 2 atom stereocenters. The maximum atomic E-state index is 12.2. The Morgan fingerprint density at radius 1 is 1.29 bits per heavy atom. The van der Waals surface area contributed by atoms with Crippen molar-refractivity contribution in [3.8, 4) is 5.75 Å². The second kappa shape index (κ2) is 8.03. The van der Waals surface area contributed by atoms with Gasteiger partial charge in [0.2, 0.25) is 0 Å². The average molecular weight is 293 g/mol. The van der Waals surface area contributed by atoms with Gasteiger partial charge in [0, 0.05) is 6.04 Å². The number of hydrogen-bond donors (Lipinski definition) is 1. The van der Waals surface area contributed by atoms with Crippen molar-refractivity contribution >= 4 is 5.97 Å². The third kappa shape index (κ3) is 4.46. The van der Waals surface area contributed by atoms with E-state index in [0.29, 0.717) is 6.61 Å². The lowest BCUT2D eigenvalue weighted by Crippen LogP contribution is -2.50. The van der Waals surface area contributed by atoms with Gasteiger partial charge in [-0.2, -0.15) is 0 Å². The number of esters is 1. The fourth-order valence-corrected chi connectivity index (χ4v) is 2.16. The van der Waals surface area contributed by atoms with Crippen LogP contribution in [0, 0.1) is 0 Å². The molecule has 0 fully saturated rings. The Morgan fingerprint density at radius 3 is 2.38 bits per heavy atom. The third-order valence-corrected chi connectivity index (χ3v) is 3.65. The van der Waals surface area contributed by atoms with Crippen molar-refractivity contribution in [3.63, 3.8) is 0 Å². The number of nitrogens with one attached hydrogen (secondary N) is 1. The van der Waals surface area contributed by atoms with E-state index in [-0.39, 0.29) is 12.0 Å². The molecular weight excluding hydrogens is 266 g/mol. The number of carbonyl (C=O) groups excluding carboxylic acids is 1. The van der Waals surface area contributed by atoms with Gasteiger partial charge >= 0.3 is 5.97 Å². The Morgan fingerprint density at radius 2 is 1.90 bits per heavy atom. The molecule has 21 heavy (non-hydrogen) atoms. The number of benzene rings is 1. The lowest BCUT2D eigenvalue weighted by atomic mass is 9.90. The van der Waals surface area contributed by atoms with Crippen LogP contribution in [0.3, 0.4) is 0 Å². The molecule has 0 saturated carbocycles. The molecule has 4 heteroatoms. The summed E-state index contributed by atoms with van der Waals surface area (Å²) in [5.41, 5.74) is 0.0199. The second-order valence-corrected chi connectivity index (χ2v) is 5.44. The fraction of sp³-hybridized carbons (Fsp3) is 0.588. The van der Waals surface area contributed by atoms with Crippen LogP contribution in [-0.4, -0.2) is 25.7 Å². The van der Waals surface area contributed by atoms with Crippen LogP contribution >= 0.6 is 0 Å². The Bertz CT molecular complexity index is 444. The molecule has 118 valence electrons. The monoisotopic (exact) mass is 293 g/mol. The smallest absolute Gasteiger partial charge is 0.330 e. The van der Waals surface area contributed by atoms with Crippen LogP contribution in [0.25, 0.3) is 0 Å². The molecule has 1 N–H and O–H groups in total. The molecule has 0 aromatic heterocycles. The first-order valence-electron chi connectivity index (χ1n) is 7.57. The topological polar surface area (TPSA) is 47.6 Å². The molecule has 1 aromatic carbocycles. The summed E-state index contributed by atoms with van der Waals surface area (Å²) in [6.07, 6.45) is 1.90. The zero-order valence-electron chi connectivity index (χ0n) is 13.7. The van der Waals surface area contributed by atoms with Gasteiger partial charge in [0.1, 0.15) is 11.3 Å². The maximum absolute atomic E-state index is 12.2. The number of hydrogen-bond acceptors (Lipinski definition) is 4. The highest BCUT2D eigenvalue weighted by Gasteiger charge is 2.37. The van der Waals surface area contributed by atoms with Gasteiger partial charge in [0.15, 0.2) is 0 Å². The predicted octanol–water partition coefficient (Wildman–Crippen LogP) is 3.25. The fourth-order valence-electron chi connectivity index (χ4n) is 2.16. The first-order valence-corrected chi connectivity index (χ1v) is 7.57. The van der Waals surface area contributed by atoms with Crippen LogP contribution in [0.15, 0.2) is 24.3 Å². The summed E-state index contributed by atoms with van der Waals surface area (Å²) < 4.78 is 10.6. The summed E-state index contributed by atoms with van der Waals surface area (Å²) in [7, 11) is 1.41. The van der Waals surface area contributed by atoms with Gasteiger partial charge in [-0.3, -0.25) is 5.32 Å². The Hall–Kier alpha value is -1.55. The lowest BCUT2D eigenvalue weighted by Gasteiger charge is -2.31. The zero-order valence-corrected chi connectivity index (χ0v) is 13.7. The van der Waals surface area contributed by atoms with Crippen LogP contribution in [0.1, 0.15) is 46.1 Å². The summed E-state index contributed by atoms with van der Waals surface area (Å²) in [5.74, 6) is 0.529. The average Bonchev–Trinajstić information content (AvgIpc) is 2.52. The van der Waals surface area contributed by atoms with E-state index >= 15 is 0 Å². The number of methoxy groups -OCH3 is 1. The molecular formula is C17H27NO3. The maximum Gasteiger partial charge on any atom is 0.330 e. The van der Waals surface area contributed by atoms with Crippen LogP contribution in [0.5, 0.6) is 5.75 Å². The predicted molar refractivity (Wildman–Crippen MR) is 84.5 cm³/mol. The van der Waals surface area contributed by atoms with Crippen molar-refractivity contribution in [1.82, 2.24) is 5.32 Å². The summed E-state index contributed by atoms with van der Waals surface area (Å²) in [5, 5.41) is 3.36. The minimum atomic E-state index is -0.854. The van der Waals surface area contributed by atoms with E-state index in [9.17, 15) is 4.79 Å². The summed E-state index contributed by atoms with van der Waals surface area (Å²) in [6, 6.07) is 7.83. The first kappa shape index (κ1) is 17.5. The Labute approximate surface area is 127 Å². The van der Waals surface area contributed by atoms with Crippen molar-refractivity contribution in [2.24, 2.45) is 0 Å². The van der Waals surface area contributed by atoms with E-state index in [1.165, 1.54) is 7.11 Å². The molecule has 1 aromatic rings. The molecule has 4 nitrogen and oxygen atoms in total. The van der Waals surface area contributed by atoms with E-state index < -0.39 is 5.54 Å². The molecule has 0 amide bonds. The van der Waals surface area contributed by atoms with Gasteiger partial charge in [0.25, 0.3) is 0 Å². The van der Waals surface area contributed by atoms with Crippen molar-refractivity contribution in [2.45, 2.75) is 52.1 Å². The molecule has 0 spiro atoms. The van der Waals surface area contributed by atoms with Crippen LogP contribution in [-0.2, 0) is 15.1 Å². The third-order valence-electron chi connectivity index (χ3n) is 3.65. The molecule has 0 heterocycles. The zero-order chi connectivity index (χ0) is 15.9. The summed E-state index contributed by atoms with van der Waals surface area (Å²) >= 11 is 0. The van der Waals surface area contributed by atoms with Crippen molar-refractivity contribution in [3.05, 3.63) is 29.8 Å². The van der Waals surface area contributed by atoms with E-state index in [2.05, 4.69) is 26.1 Å². The van der Waals surface area contributed by atoms with Crippen molar-refractivity contribution < 1.29 is 14.3 Å². The molecule has 1 rings (SSSR count). The van der Waals surface area contributed by atoms with E-state index in [1.54, 1.807) is 0 Å². The molecule has 0 saturated heterocycles. The van der Waals surface area contributed by atoms with Gasteiger partial charge in [0.05, 0.1) is 13.7 Å². The normalized spacial score (nSPS) is 15.1. The van der Waals surface area contributed by atoms with Gasteiger partial charge in [-0.15, -0.1) is 0 Å². The standard InChI is InChI=1S/C17H27NO3/c1-6-12-21-15-10-8-14(9-11-15)17(4,16(19)20-5)18-13(3)7-2/h8-11,13,18H,6-7,12H2,1-5H3. The van der Waals surface area contributed by atoms with Crippen LogP contribution in [0.4, 0.5) is 0 Å². The van der Waals surface area contributed by atoms with E-state index in [4.69, 9.17) is 9.47 Å².